The molecular weight excluding hydrogens is 498 g/mol. The van der Waals surface area contributed by atoms with Crippen molar-refractivity contribution in [1.29, 1.82) is 0 Å². The van der Waals surface area contributed by atoms with Gasteiger partial charge in [0.15, 0.2) is 5.13 Å². The van der Waals surface area contributed by atoms with Crippen LogP contribution in [0.25, 0.3) is 10.2 Å². The summed E-state index contributed by atoms with van der Waals surface area (Å²) in [7, 11) is -2.03. The highest BCUT2D eigenvalue weighted by Crippen LogP contribution is 2.33. The number of benzene rings is 2. The molecule has 2 aromatic heterocycles. The van der Waals surface area contributed by atoms with Crippen molar-refractivity contribution in [2.75, 3.05) is 25.1 Å². The zero-order valence-corrected chi connectivity index (χ0v) is 22.1. The number of thiazole rings is 1. The number of methoxy groups -OCH3 is 1. The predicted molar refractivity (Wildman–Crippen MR) is 141 cm³/mol. The molecule has 4 rings (SSSR count). The van der Waals surface area contributed by atoms with Crippen LogP contribution >= 0.6 is 11.3 Å². The van der Waals surface area contributed by atoms with Crippen LogP contribution in [0.15, 0.2) is 70.2 Å². The van der Waals surface area contributed by atoms with Crippen LogP contribution in [-0.4, -0.2) is 43.8 Å². The molecule has 1 amide bonds. The number of amides is 1. The predicted octanol–water partition coefficient (Wildman–Crippen LogP) is 5.56. The number of anilines is 1. The van der Waals surface area contributed by atoms with Gasteiger partial charge in [0.2, 0.25) is 10.0 Å². The summed E-state index contributed by atoms with van der Waals surface area (Å²) in [6.45, 7) is 4.99. The van der Waals surface area contributed by atoms with E-state index in [0.29, 0.717) is 35.3 Å². The third-order valence-electron chi connectivity index (χ3n) is 5.64. The lowest BCUT2D eigenvalue weighted by atomic mass is 10.2. The van der Waals surface area contributed by atoms with Crippen LogP contribution in [0.2, 0.25) is 0 Å². The first-order chi connectivity index (χ1) is 17.4. The molecule has 0 N–H and O–H groups in total. The molecular formula is C26H29N3O5S2. The number of rotatable bonds is 11. The molecule has 0 bridgehead atoms. The SMILES string of the molecule is CCCN(CCC)S(=O)(=O)c1ccc(C(=O)N(Cc2ccco2)c2nc3ccc(OC)cc3s2)cc1. The van der Waals surface area contributed by atoms with E-state index < -0.39 is 10.0 Å². The Morgan fingerprint density at radius 3 is 2.39 bits per heavy atom. The van der Waals surface area contributed by atoms with Crippen molar-refractivity contribution in [2.24, 2.45) is 0 Å². The van der Waals surface area contributed by atoms with Crippen LogP contribution in [-0.2, 0) is 16.6 Å². The molecule has 0 atom stereocenters. The minimum Gasteiger partial charge on any atom is -0.497 e. The highest BCUT2D eigenvalue weighted by molar-refractivity contribution is 7.89. The van der Waals surface area contributed by atoms with E-state index in [1.807, 2.05) is 32.0 Å². The average molecular weight is 528 g/mol. The fourth-order valence-electron chi connectivity index (χ4n) is 3.85. The maximum atomic E-state index is 13.6. The minimum atomic E-state index is -3.63. The Balaban J connectivity index is 1.66. The summed E-state index contributed by atoms with van der Waals surface area (Å²) >= 11 is 1.37. The quantitative estimate of drug-likeness (QED) is 0.254. The Kier molecular flexibility index (Phi) is 8.07. The van der Waals surface area contributed by atoms with Gasteiger partial charge in [-0.3, -0.25) is 9.69 Å². The Morgan fingerprint density at radius 2 is 1.78 bits per heavy atom. The van der Waals surface area contributed by atoms with Crippen molar-refractivity contribution < 1.29 is 22.4 Å². The van der Waals surface area contributed by atoms with Gasteiger partial charge < -0.3 is 9.15 Å². The molecule has 0 unspecified atom stereocenters. The van der Waals surface area contributed by atoms with Crippen LogP contribution in [0.1, 0.15) is 42.8 Å². The van der Waals surface area contributed by atoms with Crippen LogP contribution in [0, 0.1) is 0 Å². The fraction of sp³-hybridized carbons (Fsp3) is 0.308. The standard InChI is InChI=1S/C26H29N3O5S2/c1-4-14-28(15-5-2)36(31,32)22-11-8-19(9-12-22)25(30)29(18-21-7-6-16-34-21)26-27-23-13-10-20(33-3)17-24(23)35-26/h6-13,16-17H,4-5,14-15,18H2,1-3H3. The van der Waals surface area contributed by atoms with E-state index in [1.54, 1.807) is 42.5 Å². The highest BCUT2D eigenvalue weighted by Gasteiger charge is 2.26. The second kappa shape index (κ2) is 11.2. The third-order valence-corrected chi connectivity index (χ3v) is 8.59. The lowest BCUT2D eigenvalue weighted by Crippen LogP contribution is -2.33. The smallest absolute Gasteiger partial charge is 0.260 e. The van der Waals surface area contributed by atoms with Gasteiger partial charge in [-0.25, -0.2) is 13.4 Å². The Labute approximate surface area is 215 Å². The number of carbonyl (C=O) groups is 1. The summed E-state index contributed by atoms with van der Waals surface area (Å²) in [6.07, 6.45) is 3.01. The molecule has 0 saturated heterocycles. The third kappa shape index (κ3) is 5.45. The molecule has 8 nitrogen and oxygen atoms in total. The van der Waals surface area contributed by atoms with E-state index >= 15 is 0 Å². The molecule has 190 valence electrons. The van der Waals surface area contributed by atoms with Crippen molar-refractivity contribution in [2.45, 2.75) is 38.1 Å². The lowest BCUT2D eigenvalue weighted by Gasteiger charge is -2.21. The van der Waals surface area contributed by atoms with Gasteiger partial charge in [-0.05, 0) is 67.4 Å². The van der Waals surface area contributed by atoms with E-state index in [-0.39, 0.29) is 17.3 Å². The van der Waals surface area contributed by atoms with Gasteiger partial charge in [-0.1, -0.05) is 25.2 Å². The number of nitrogens with zero attached hydrogens (tertiary/aromatic N) is 3. The molecule has 0 radical (unpaired) electrons. The largest absolute Gasteiger partial charge is 0.497 e. The van der Waals surface area contributed by atoms with E-state index in [9.17, 15) is 13.2 Å². The zero-order chi connectivity index (χ0) is 25.7. The van der Waals surface area contributed by atoms with Gasteiger partial charge in [-0.2, -0.15) is 4.31 Å². The molecule has 0 spiro atoms. The number of carbonyl (C=O) groups excluding carboxylic acids is 1. The molecule has 4 aromatic rings. The number of aromatic nitrogens is 1. The average Bonchev–Trinajstić information content (AvgIpc) is 3.56. The van der Waals surface area contributed by atoms with Crippen LogP contribution < -0.4 is 9.64 Å². The van der Waals surface area contributed by atoms with Crippen molar-refractivity contribution in [3.8, 4) is 5.75 Å². The van der Waals surface area contributed by atoms with Crippen LogP contribution in [0.5, 0.6) is 5.75 Å². The van der Waals surface area contributed by atoms with Gasteiger partial charge in [0.1, 0.15) is 11.5 Å². The number of hydrogen-bond donors (Lipinski definition) is 0. The van der Waals surface area contributed by atoms with Crippen molar-refractivity contribution in [1.82, 2.24) is 9.29 Å². The van der Waals surface area contributed by atoms with Gasteiger partial charge in [-0.15, -0.1) is 0 Å². The minimum absolute atomic E-state index is 0.172. The Bertz CT molecular complexity index is 1410. The van der Waals surface area contributed by atoms with Gasteiger partial charge >= 0.3 is 0 Å². The number of sulfonamides is 1. The summed E-state index contributed by atoms with van der Waals surface area (Å²) < 4.78 is 39.4. The zero-order valence-electron chi connectivity index (χ0n) is 20.5. The molecule has 0 aliphatic heterocycles. The summed E-state index contributed by atoms with van der Waals surface area (Å²) in [6, 6.07) is 15.2. The second-order valence-corrected chi connectivity index (χ2v) is 11.2. The number of ether oxygens (including phenoxy) is 1. The maximum absolute atomic E-state index is 13.6. The van der Waals surface area contributed by atoms with Gasteiger partial charge in [0.25, 0.3) is 5.91 Å². The Hall–Kier alpha value is -3.21. The first-order valence-electron chi connectivity index (χ1n) is 11.8. The molecule has 0 aliphatic carbocycles. The normalized spacial score (nSPS) is 11.8. The van der Waals surface area contributed by atoms with E-state index in [2.05, 4.69) is 4.98 Å². The topological polar surface area (TPSA) is 93.0 Å². The van der Waals surface area contributed by atoms with Crippen molar-refractivity contribution >= 4 is 42.6 Å². The van der Waals surface area contributed by atoms with E-state index in [0.717, 1.165) is 23.1 Å². The van der Waals surface area contributed by atoms with Crippen LogP contribution in [0.3, 0.4) is 0 Å². The van der Waals surface area contributed by atoms with Crippen molar-refractivity contribution in [3.05, 3.63) is 72.2 Å². The van der Waals surface area contributed by atoms with Crippen LogP contribution in [0.4, 0.5) is 5.13 Å². The number of hydrogen-bond acceptors (Lipinski definition) is 7. The summed E-state index contributed by atoms with van der Waals surface area (Å²) in [5.74, 6) is 1.01. The van der Waals surface area contributed by atoms with Gasteiger partial charge in [0.05, 0.1) is 35.0 Å². The molecule has 0 aliphatic rings. The molecule has 10 heteroatoms. The molecule has 36 heavy (non-hydrogen) atoms. The van der Waals surface area contributed by atoms with E-state index in [1.165, 1.54) is 27.8 Å². The second-order valence-electron chi connectivity index (χ2n) is 8.23. The molecule has 2 aromatic carbocycles. The molecule has 0 saturated carbocycles. The van der Waals surface area contributed by atoms with E-state index in [4.69, 9.17) is 9.15 Å². The summed E-state index contributed by atoms with van der Waals surface area (Å²) in [5, 5.41) is 0.508. The number of furan rings is 1. The van der Waals surface area contributed by atoms with Gasteiger partial charge in [0, 0.05) is 18.7 Å². The van der Waals surface area contributed by atoms with Crippen molar-refractivity contribution in [3.63, 3.8) is 0 Å². The lowest BCUT2D eigenvalue weighted by molar-refractivity contribution is 0.0983. The highest BCUT2D eigenvalue weighted by atomic mass is 32.2. The first kappa shape index (κ1) is 25.9. The Morgan fingerprint density at radius 1 is 1.06 bits per heavy atom. The first-order valence-corrected chi connectivity index (χ1v) is 14.0. The number of fused-ring (bicyclic) bond motifs is 1. The molecule has 2 heterocycles. The molecule has 0 fully saturated rings. The summed E-state index contributed by atoms with van der Waals surface area (Å²) in [5.41, 5.74) is 1.11. The fourth-order valence-corrected chi connectivity index (χ4v) is 6.46. The monoisotopic (exact) mass is 527 g/mol. The summed E-state index contributed by atoms with van der Waals surface area (Å²) in [4.78, 5) is 20.0. The maximum Gasteiger partial charge on any atom is 0.260 e.